The van der Waals surface area contributed by atoms with Crippen molar-refractivity contribution in [2.75, 3.05) is 0 Å². The third kappa shape index (κ3) is 2.80. The Kier molecular flexibility index (Phi) is 4.83. The van der Waals surface area contributed by atoms with E-state index < -0.39 is 0 Å². The Labute approximate surface area is 134 Å². The molecule has 2 rings (SSSR count). The maximum Gasteiger partial charge on any atom is 0.0809 e. The third-order valence-electron chi connectivity index (χ3n) is 2.47. The number of aliphatic hydroxyl groups excluding tert-OH is 1. The molecule has 1 N–H and O–H groups in total. The minimum absolute atomic E-state index is 0.0976. The molecule has 0 fully saturated rings. The molecular weight excluding hydrogens is 351 g/mol. The fraction of sp³-hybridized carbons (Fsp3) is 0.0833. The quantitative estimate of drug-likeness (QED) is 0.568. The number of rotatable bonds is 2. The molecule has 1 aromatic carbocycles. The van der Waals surface area contributed by atoms with Gasteiger partial charge in [0.15, 0.2) is 0 Å². The first kappa shape index (κ1) is 15.2. The van der Waals surface area contributed by atoms with Gasteiger partial charge < -0.3 is 5.11 Å². The van der Waals surface area contributed by atoms with Gasteiger partial charge in [-0.3, -0.25) is 4.98 Å². The Bertz CT molecular complexity index is 615. The van der Waals surface area contributed by atoms with Gasteiger partial charge in [-0.05, 0) is 17.7 Å². The van der Waals surface area contributed by atoms with Crippen LogP contribution in [0.15, 0.2) is 18.3 Å². The van der Waals surface area contributed by atoms with Crippen molar-refractivity contribution in [1.82, 2.24) is 4.98 Å². The summed E-state index contributed by atoms with van der Waals surface area (Å²) in [7, 11) is 0. The summed E-state index contributed by atoms with van der Waals surface area (Å²) in [6, 6.07) is 3.32. The van der Waals surface area contributed by atoms with Gasteiger partial charge in [-0.1, -0.05) is 58.0 Å². The van der Waals surface area contributed by atoms with Gasteiger partial charge in [-0.2, -0.15) is 0 Å². The summed E-state index contributed by atoms with van der Waals surface area (Å²) < 4.78 is 0. The van der Waals surface area contributed by atoms with Crippen molar-refractivity contribution in [2.45, 2.75) is 6.61 Å². The Morgan fingerprint density at radius 2 is 1.42 bits per heavy atom. The van der Waals surface area contributed by atoms with Gasteiger partial charge in [-0.25, -0.2) is 0 Å². The second-order valence-corrected chi connectivity index (χ2v) is 5.54. The lowest BCUT2D eigenvalue weighted by Crippen LogP contribution is -1.92. The van der Waals surface area contributed by atoms with Crippen LogP contribution < -0.4 is 0 Å². The summed E-state index contributed by atoms with van der Waals surface area (Å²) in [6.07, 6.45) is 1.53. The number of halogens is 5. The largest absolute Gasteiger partial charge is 0.392 e. The highest BCUT2D eigenvalue weighted by atomic mass is 35.5. The summed E-state index contributed by atoms with van der Waals surface area (Å²) in [5.74, 6) is 0. The van der Waals surface area contributed by atoms with E-state index in [1.807, 2.05) is 0 Å². The maximum absolute atomic E-state index is 9.13. The predicted octanol–water partition coefficient (Wildman–Crippen LogP) is 5.51. The molecule has 0 amide bonds. The minimum atomic E-state index is -0.125. The van der Waals surface area contributed by atoms with Gasteiger partial charge in [0.05, 0.1) is 37.4 Å². The second kappa shape index (κ2) is 6.04. The molecule has 2 aromatic rings. The first-order valence-electron chi connectivity index (χ1n) is 5.05. The van der Waals surface area contributed by atoms with E-state index in [0.717, 1.165) is 0 Å². The molecule has 0 aliphatic rings. The average Bonchev–Trinajstić information content (AvgIpc) is 2.43. The summed E-state index contributed by atoms with van der Waals surface area (Å²) in [5, 5.41) is 9.80. The van der Waals surface area contributed by atoms with E-state index >= 15 is 0 Å². The highest BCUT2D eigenvalue weighted by molar-refractivity contribution is 6.56. The van der Waals surface area contributed by atoms with Crippen molar-refractivity contribution in [3.05, 3.63) is 49.0 Å². The SMILES string of the molecule is OCc1ccnc(-c2c(Cl)c(Cl)c(Cl)c(Cl)c2Cl)c1. The van der Waals surface area contributed by atoms with Gasteiger partial charge in [0.25, 0.3) is 0 Å². The highest BCUT2D eigenvalue weighted by Gasteiger charge is 2.21. The Balaban J connectivity index is 2.75. The molecule has 2 nitrogen and oxygen atoms in total. The van der Waals surface area contributed by atoms with Crippen LogP contribution in [0.3, 0.4) is 0 Å². The Hall–Kier alpha value is -0.220. The summed E-state index contributed by atoms with van der Waals surface area (Å²) in [6.45, 7) is -0.125. The summed E-state index contributed by atoms with van der Waals surface area (Å²) in [5.41, 5.74) is 1.51. The monoisotopic (exact) mass is 355 g/mol. The van der Waals surface area contributed by atoms with Gasteiger partial charge in [-0.15, -0.1) is 0 Å². The molecule has 0 radical (unpaired) electrons. The molecule has 0 aliphatic carbocycles. The number of nitrogens with zero attached hydrogens (tertiary/aromatic N) is 1. The van der Waals surface area contributed by atoms with Crippen LogP contribution in [0.4, 0.5) is 0 Å². The Morgan fingerprint density at radius 1 is 0.895 bits per heavy atom. The molecule has 0 unspecified atom stereocenters. The van der Waals surface area contributed by atoms with Crippen molar-refractivity contribution in [3.8, 4) is 11.3 Å². The molecule has 100 valence electrons. The molecule has 0 saturated heterocycles. The molecular formula is C12H6Cl5NO. The molecule has 1 heterocycles. The first-order chi connectivity index (χ1) is 8.97. The van der Waals surface area contributed by atoms with Crippen LogP contribution in [0.25, 0.3) is 11.3 Å². The van der Waals surface area contributed by atoms with Crippen molar-refractivity contribution >= 4 is 58.0 Å². The molecule has 7 heteroatoms. The van der Waals surface area contributed by atoms with Crippen LogP contribution in [0.1, 0.15) is 5.56 Å². The molecule has 0 bridgehead atoms. The third-order valence-corrected chi connectivity index (χ3v) is 4.75. The molecule has 19 heavy (non-hydrogen) atoms. The molecule has 1 aromatic heterocycles. The fourth-order valence-corrected chi connectivity index (χ4v) is 2.87. The number of hydrogen-bond donors (Lipinski definition) is 1. The van der Waals surface area contributed by atoms with Gasteiger partial charge in [0.2, 0.25) is 0 Å². The van der Waals surface area contributed by atoms with Crippen molar-refractivity contribution in [3.63, 3.8) is 0 Å². The van der Waals surface area contributed by atoms with E-state index in [-0.39, 0.29) is 31.7 Å². The molecule has 0 saturated carbocycles. The zero-order valence-electron chi connectivity index (χ0n) is 9.22. The second-order valence-electron chi connectivity index (χ2n) is 3.65. The van der Waals surface area contributed by atoms with E-state index in [0.29, 0.717) is 16.8 Å². The topological polar surface area (TPSA) is 33.1 Å². The number of aromatic nitrogens is 1. The summed E-state index contributed by atoms with van der Waals surface area (Å²) >= 11 is 30.2. The molecule has 0 spiro atoms. The zero-order chi connectivity index (χ0) is 14.2. The van der Waals surface area contributed by atoms with Gasteiger partial charge >= 0.3 is 0 Å². The highest BCUT2D eigenvalue weighted by Crippen LogP contribution is 2.47. The predicted molar refractivity (Wildman–Crippen MR) is 80.6 cm³/mol. The maximum atomic E-state index is 9.13. The standard InChI is InChI=1S/C12H6Cl5NO/c13-8-7(6-3-5(4-19)1-2-18-6)9(14)11(16)12(17)10(8)15/h1-3,19H,4H2. The number of aliphatic hydroxyl groups is 1. The van der Waals surface area contributed by atoms with Crippen LogP contribution in [0.5, 0.6) is 0 Å². The number of hydrogen-bond acceptors (Lipinski definition) is 2. The van der Waals surface area contributed by atoms with E-state index in [4.69, 9.17) is 63.1 Å². The number of pyridine rings is 1. The van der Waals surface area contributed by atoms with E-state index in [1.54, 1.807) is 12.1 Å². The minimum Gasteiger partial charge on any atom is -0.392 e. The lowest BCUT2D eigenvalue weighted by atomic mass is 10.1. The van der Waals surface area contributed by atoms with Crippen molar-refractivity contribution < 1.29 is 5.11 Å². The average molecular weight is 357 g/mol. The van der Waals surface area contributed by atoms with Crippen molar-refractivity contribution in [2.24, 2.45) is 0 Å². The molecule has 0 aliphatic heterocycles. The van der Waals surface area contributed by atoms with Gasteiger partial charge in [0, 0.05) is 11.8 Å². The van der Waals surface area contributed by atoms with E-state index in [9.17, 15) is 0 Å². The zero-order valence-corrected chi connectivity index (χ0v) is 13.0. The van der Waals surface area contributed by atoms with E-state index in [1.165, 1.54) is 6.20 Å². The summed E-state index contributed by atoms with van der Waals surface area (Å²) in [4.78, 5) is 4.15. The number of benzene rings is 1. The smallest absolute Gasteiger partial charge is 0.0809 e. The van der Waals surface area contributed by atoms with Crippen molar-refractivity contribution in [1.29, 1.82) is 0 Å². The Morgan fingerprint density at radius 3 is 1.95 bits per heavy atom. The fourth-order valence-electron chi connectivity index (χ4n) is 1.54. The molecule has 0 atom stereocenters. The normalized spacial score (nSPS) is 10.8. The van der Waals surface area contributed by atoms with Crippen LogP contribution in [-0.4, -0.2) is 10.1 Å². The van der Waals surface area contributed by atoms with Crippen LogP contribution >= 0.6 is 58.0 Å². The van der Waals surface area contributed by atoms with Crippen LogP contribution in [0, 0.1) is 0 Å². The lowest BCUT2D eigenvalue weighted by molar-refractivity contribution is 0.282. The van der Waals surface area contributed by atoms with Crippen LogP contribution in [0.2, 0.25) is 25.1 Å². The van der Waals surface area contributed by atoms with E-state index in [2.05, 4.69) is 4.98 Å². The first-order valence-corrected chi connectivity index (χ1v) is 6.94. The lowest BCUT2D eigenvalue weighted by Gasteiger charge is -2.12. The van der Waals surface area contributed by atoms with Gasteiger partial charge in [0.1, 0.15) is 0 Å². The van der Waals surface area contributed by atoms with Crippen LogP contribution in [-0.2, 0) is 6.61 Å².